The minimum Gasteiger partial charge on any atom is -0.495 e. The number of oxazole rings is 1. The summed E-state index contributed by atoms with van der Waals surface area (Å²) in [5.74, 6) is 3.19. The molecular weight excluding hydrogens is 608 g/mol. The maximum absolute atomic E-state index is 14.4. The molecule has 3 aromatic heterocycles. The number of hydrogen-bond donors (Lipinski definition) is 0. The van der Waals surface area contributed by atoms with Crippen molar-refractivity contribution in [1.29, 1.82) is 5.26 Å². The van der Waals surface area contributed by atoms with Gasteiger partial charge in [0.2, 0.25) is 5.91 Å². The lowest BCUT2D eigenvalue weighted by atomic mass is 9.79. The van der Waals surface area contributed by atoms with Crippen molar-refractivity contribution in [1.82, 2.24) is 19.9 Å². The topological polar surface area (TPSA) is 135 Å². The molecule has 4 aliphatic rings. The van der Waals surface area contributed by atoms with Crippen LogP contribution in [0.2, 0.25) is 0 Å². The number of anilines is 1. The Morgan fingerprint density at radius 1 is 1.00 bits per heavy atom. The molecule has 0 unspecified atom stereocenters. The zero-order valence-electron chi connectivity index (χ0n) is 27.8. The smallest absolute Gasteiger partial charge is 0.410 e. The van der Waals surface area contributed by atoms with Crippen LogP contribution in [0.3, 0.4) is 0 Å². The van der Waals surface area contributed by atoms with Crippen LogP contribution in [0.25, 0.3) is 11.3 Å². The molecule has 0 bridgehead atoms. The molecule has 1 aliphatic heterocycles. The Labute approximate surface area is 281 Å². The van der Waals surface area contributed by atoms with Crippen LogP contribution in [-0.2, 0) is 9.53 Å². The van der Waals surface area contributed by atoms with Crippen LogP contribution in [0.5, 0.6) is 5.75 Å². The molecule has 0 N–H and O–H groups in total. The second-order valence-corrected chi connectivity index (χ2v) is 14.0. The van der Waals surface area contributed by atoms with Gasteiger partial charge in [0.15, 0.2) is 5.89 Å². The van der Waals surface area contributed by atoms with E-state index in [4.69, 9.17) is 34.1 Å². The van der Waals surface area contributed by atoms with E-state index in [2.05, 4.69) is 12.1 Å². The molecule has 0 radical (unpaired) electrons. The van der Waals surface area contributed by atoms with Gasteiger partial charge in [-0.25, -0.2) is 14.8 Å². The lowest BCUT2D eigenvalue weighted by molar-refractivity contribution is -0.124. The fraction of sp³-hybridized carbons (Fsp3) is 0.568. The lowest BCUT2D eigenvalue weighted by Crippen LogP contribution is -2.50. The fourth-order valence-electron chi connectivity index (χ4n) is 7.44. The quantitative estimate of drug-likeness (QED) is 0.245. The zero-order chi connectivity index (χ0) is 33.2. The SMILES string of the molecule is COc1ccc([C@H]2CC[C@H](CN(c3cc(-c4coc(C5CC5)n4)ccn3)C(=O)[C@H]3CC[C@H](OC(=O)N4CC(C#N)C4)CC3)CC2)nc1C. The minimum atomic E-state index is -0.354. The summed E-state index contributed by atoms with van der Waals surface area (Å²) in [6.07, 6.45) is 11.7. The number of carbonyl (C=O) groups excluding carboxylic acids is 2. The standard InChI is InChI=1S/C37H44N6O5/c1-23-33(46-2)14-13-31(40-23)26-5-3-24(4-6-26)21-43(34-17-29(15-16-39-34)32-22-47-35(41-32)27-7-8-27)36(44)28-9-11-30(12-10-28)48-37(45)42-19-25(18-38)20-42/h13-17,22,24-28,30H,3-12,19-21H2,1-2H3/t24-,26-,28-,30-. The average Bonchev–Trinajstić information content (AvgIpc) is 3.82. The van der Waals surface area contributed by atoms with Crippen LogP contribution in [0.15, 0.2) is 41.1 Å². The molecule has 0 spiro atoms. The van der Waals surface area contributed by atoms with E-state index < -0.39 is 0 Å². The van der Waals surface area contributed by atoms with Gasteiger partial charge in [0.1, 0.15) is 29.6 Å². The third-order valence-corrected chi connectivity index (χ3v) is 10.6. The highest BCUT2D eigenvalue weighted by atomic mass is 16.6. The molecule has 0 atom stereocenters. The van der Waals surface area contributed by atoms with Gasteiger partial charge in [0.25, 0.3) is 0 Å². The predicted molar refractivity (Wildman–Crippen MR) is 177 cm³/mol. The van der Waals surface area contributed by atoms with Crippen LogP contribution >= 0.6 is 0 Å². The summed E-state index contributed by atoms with van der Waals surface area (Å²) in [6, 6.07) is 10.2. The van der Waals surface area contributed by atoms with Gasteiger partial charge in [-0.15, -0.1) is 0 Å². The molecule has 1 saturated heterocycles. The van der Waals surface area contributed by atoms with Gasteiger partial charge >= 0.3 is 6.09 Å². The van der Waals surface area contributed by atoms with E-state index >= 15 is 0 Å². The van der Waals surface area contributed by atoms with Crippen LogP contribution < -0.4 is 9.64 Å². The third kappa shape index (κ3) is 7.03. The van der Waals surface area contributed by atoms with Crippen molar-refractivity contribution in [3.63, 3.8) is 0 Å². The highest BCUT2D eigenvalue weighted by Gasteiger charge is 2.37. The molecule has 11 nitrogen and oxygen atoms in total. The number of methoxy groups -OCH3 is 1. The van der Waals surface area contributed by atoms with Crippen LogP contribution in [0.1, 0.15) is 93.3 Å². The van der Waals surface area contributed by atoms with E-state index in [0.717, 1.165) is 72.8 Å². The van der Waals surface area contributed by atoms with Gasteiger partial charge in [-0.1, -0.05) is 0 Å². The summed E-state index contributed by atoms with van der Waals surface area (Å²) in [5.41, 5.74) is 3.68. The molecule has 2 amide bonds. The molecular formula is C37H44N6O5. The summed E-state index contributed by atoms with van der Waals surface area (Å²) in [6.45, 7) is 3.45. The molecule has 48 heavy (non-hydrogen) atoms. The van der Waals surface area contributed by atoms with Crippen molar-refractivity contribution in [2.75, 3.05) is 31.6 Å². The number of ether oxygens (including phenoxy) is 2. The Balaban J connectivity index is 1.03. The van der Waals surface area contributed by atoms with E-state index in [1.54, 1.807) is 24.5 Å². The lowest BCUT2D eigenvalue weighted by Gasteiger charge is -2.37. The minimum absolute atomic E-state index is 0.0809. The Hall–Kier alpha value is -4.46. The van der Waals surface area contributed by atoms with Gasteiger partial charge in [0, 0.05) is 54.8 Å². The van der Waals surface area contributed by atoms with E-state index in [9.17, 15) is 9.59 Å². The van der Waals surface area contributed by atoms with E-state index in [1.165, 1.54) is 0 Å². The molecule has 0 aromatic carbocycles. The van der Waals surface area contributed by atoms with E-state index in [0.29, 0.717) is 68.9 Å². The second-order valence-electron chi connectivity index (χ2n) is 14.0. The van der Waals surface area contributed by atoms with Gasteiger partial charge in [-0.05, 0) is 101 Å². The van der Waals surface area contributed by atoms with Crippen molar-refractivity contribution in [3.05, 3.63) is 54.0 Å². The highest BCUT2D eigenvalue weighted by Crippen LogP contribution is 2.41. The van der Waals surface area contributed by atoms with Gasteiger partial charge in [-0.2, -0.15) is 5.26 Å². The third-order valence-electron chi connectivity index (χ3n) is 10.6. The molecule has 7 rings (SSSR count). The summed E-state index contributed by atoms with van der Waals surface area (Å²) in [5, 5.41) is 9.02. The van der Waals surface area contributed by atoms with Gasteiger partial charge < -0.3 is 18.8 Å². The van der Waals surface area contributed by atoms with E-state index in [1.807, 2.05) is 30.0 Å². The monoisotopic (exact) mass is 652 g/mol. The number of amides is 2. The van der Waals surface area contributed by atoms with Gasteiger partial charge in [-0.3, -0.25) is 14.7 Å². The van der Waals surface area contributed by atoms with Crippen molar-refractivity contribution in [3.8, 4) is 23.1 Å². The summed E-state index contributed by atoms with van der Waals surface area (Å²) in [4.78, 5) is 44.7. The number of aryl methyl sites for hydroxylation is 1. The number of nitrogens with zero attached hydrogens (tertiary/aromatic N) is 6. The number of nitriles is 1. The number of rotatable bonds is 9. The zero-order valence-corrected chi connectivity index (χ0v) is 27.8. The number of hydrogen-bond acceptors (Lipinski definition) is 9. The van der Waals surface area contributed by atoms with Crippen LogP contribution in [0, 0.1) is 36.0 Å². The fourth-order valence-corrected chi connectivity index (χ4v) is 7.44. The van der Waals surface area contributed by atoms with Crippen molar-refractivity contribution < 1.29 is 23.5 Å². The predicted octanol–water partition coefficient (Wildman–Crippen LogP) is 6.78. The van der Waals surface area contributed by atoms with Crippen molar-refractivity contribution in [2.24, 2.45) is 17.8 Å². The maximum Gasteiger partial charge on any atom is 0.410 e. The molecule has 3 aromatic rings. The highest BCUT2D eigenvalue weighted by molar-refractivity contribution is 5.94. The van der Waals surface area contributed by atoms with Crippen LogP contribution in [0.4, 0.5) is 10.6 Å². The molecule has 3 saturated carbocycles. The molecule has 4 fully saturated rings. The Bertz CT molecular complexity index is 1660. The first-order chi connectivity index (χ1) is 23.4. The molecule has 252 valence electrons. The van der Waals surface area contributed by atoms with Crippen molar-refractivity contribution in [2.45, 2.75) is 89.1 Å². The first-order valence-electron chi connectivity index (χ1n) is 17.5. The normalized spacial score (nSPS) is 24.3. The first-order valence-corrected chi connectivity index (χ1v) is 17.5. The number of pyridine rings is 2. The number of aromatic nitrogens is 3. The second kappa shape index (κ2) is 14.0. The Morgan fingerprint density at radius 2 is 1.75 bits per heavy atom. The number of carbonyl (C=O) groups is 2. The molecule has 11 heteroatoms. The number of likely N-dealkylation sites (tertiary alicyclic amines) is 1. The van der Waals surface area contributed by atoms with E-state index in [-0.39, 0.29) is 29.9 Å². The maximum atomic E-state index is 14.4. The summed E-state index contributed by atoms with van der Waals surface area (Å²) >= 11 is 0. The molecule has 4 heterocycles. The Morgan fingerprint density at radius 3 is 2.44 bits per heavy atom. The average molecular weight is 653 g/mol. The summed E-state index contributed by atoms with van der Waals surface area (Å²) < 4.78 is 16.9. The van der Waals surface area contributed by atoms with Crippen LogP contribution in [-0.4, -0.2) is 64.7 Å². The summed E-state index contributed by atoms with van der Waals surface area (Å²) in [7, 11) is 1.67. The largest absolute Gasteiger partial charge is 0.495 e. The molecule has 3 aliphatic carbocycles. The Kier molecular flexibility index (Phi) is 9.33. The van der Waals surface area contributed by atoms with Crippen molar-refractivity contribution >= 4 is 17.8 Å². The van der Waals surface area contributed by atoms with Gasteiger partial charge in [0.05, 0.1) is 24.8 Å². The first kappa shape index (κ1) is 32.1.